The second-order valence-corrected chi connectivity index (χ2v) is 16.6. The summed E-state index contributed by atoms with van der Waals surface area (Å²) in [7, 11) is -3.85. The van der Waals surface area contributed by atoms with Crippen LogP contribution in [-0.2, 0) is 23.1 Å². The first-order valence-corrected chi connectivity index (χ1v) is 20.8. The third-order valence-electron chi connectivity index (χ3n) is 8.65. The average molecular weight is 832 g/mol. The van der Waals surface area contributed by atoms with Crippen molar-refractivity contribution in [1.82, 2.24) is 14.7 Å². The smallest absolute Gasteiger partial charge is 0.269 e. The molecule has 0 amide bonds. The Labute approximate surface area is 342 Å². The lowest BCUT2D eigenvalue weighted by molar-refractivity contribution is -0.384. The number of benzene rings is 5. The molecule has 0 bridgehead atoms. The van der Waals surface area contributed by atoms with Gasteiger partial charge in [-0.05, 0) is 72.5 Å². The van der Waals surface area contributed by atoms with Crippen LogP contribution < -0.4 is 21.1 Å². The molecule has 0 aliphatic heterocycles. The van der Waals surface area contributed by atoms with Crippen LogP contribution in [0.4, 0.5) is 27.3 Å². The highest BCUT2D eigenvalue weighted by molar-refractivity contribution is 7.89. The van der Waals surface area contributed by atoms with E-state index >= 15 is 0 Å². The molecule has 0 saturated heterocycles. The van der Waals surface area contributed by atoms with Gasteiger partial charge in [-0.2, -0.15) is 0 Å². The first kappa shape index (κ1) is 41.2. The molecule has 0 spiro atoms. The minimum atomic E-state index is -3.85. The number of aryl methyl sites for hydroxylation is 2. The number of hydrogen-bond acceptors (Lipinski definition) is 13. The summed E-state index contributed by atoms with van der Waals surface area (Å²) in [5.41, 5.74) is 12.0. The number of non-ortho nitro benzene ring substituents is 1. The summed E-state index contributed by atoms with van der Waals surface area (Å²) in [4.78, 5) is 45.2. The van der Waals surface area contributed by atoms with Gasteiger partial charge in [0, 0.05) is 47.7 Å². The van der Waals surface area contributed by atoms with E-state index in [1.165, 1.54) is 41.0 Å². The number of rotatable bonds is 14. The van der Waals surface area contributed by atoms with E-state index in [0.29, 0.717) is 48.9 Å². The van der Waals surface area contributed by atoms with E-state index < -0.39 is 14.9 Å². The lowest BCUT2D eigenvalue weighted by atomic mass is 10.0. The Hall–Kier alpha value is -6.43. The van der Waals surface area contributed by atoms with Gasteiger partial charge < -0.3 is 16.4 Å². The zero-order valence-corrected chi connectivity index (χ0v) is 33.7. The lowest BCUT2D eigenvalue weighted by Crippen LogP contribution is -2.23. The molecule has 0 radical (unpaired) electrons. The number of hydrogen-bond donors (Lipinski definition) is 4. The number of ketones is 2. The van der Waals surface area contributed by atoms with Crippen LogP contribution in [0.5, 0.6) is 0 Å². The van der Waals surface area contributed by atoms with Gasteiger partial charge in [0.2, 0.25) is 21.6 Å². The molecule has 0 aliphatic carbocycles. The Morgan fingerprint density at radius 3 is 1.66 bits per heavy atom. The van der Waals surface area contributed by atoms with Crippen LogP contribution in [0, 0.1) is 24.0 Å². The summed E-state index contributed by atoms with van der Waals surface area (Å²) in [6.07, 6.45) is 3.15. The maximum atomic E-state index is 12.8. The molecule has 5 N–H and O–H groups in total. The predicted molar refractivity (Wildman–Crippen MR) is 228 cm³/mol. The summed E-state index contributed by atoms with van der Waals surface area (Å²) in [6.45, 7) is 4.33. The number of nitro benzene ring substituents is 1. The van der Waals surface area contributed by atoms with Gasteiger partial charge in [-0.15, -0.1) is 0 Å². The molecule has 5 aromatic carbocycles. The van der Waals surface area contributed by atoms with E-state index in [1.807, 2.05) is 80.6 Å². The van der Waals surface area contributed by atoms with Gasteiger partial charge in [0.05, 0.1) is 32.0 Å². The number of nitro groups is 1. The largest absolute Gasteiger partial charge is 0.332 e. The Morgan fingerprint density at radius 1 is 0.690 bits per heavy atom. The minimum absolute atomic E-state index is 0.00404. The maximum absolute atomic E-state index is 12.8. The molecule has 2 heterocycles. The van der Waals surface area contributed by atoms with Crippen LogP contribution in [0.3, 0.4) is 0 Å². The van der Waals surface area contributed by atoms with Gasteiger partial charge in [-0.3, -0.25) is 19.7 Å². The molecular weight excluding hydrogens is 795 g/mol. The summed E-state index contributed by atoms with van der Waals surface area (Å²) in [5.74, 6) is -0.0904. The molecule has 0 saturated carbocycles. The van der Waals surface area contributed by atoms with Crippen molar-refractivity contribution in [3.63, 3.8) is 0 Å². The first-order valence-electron chi connectivity index (χ1n) is 17.7. The normalized spacial score (nSPS) is 10.9. The highest BCUT2D eigenvalue weighted by Crippen LogP contribution is 2.28. The monoisotopic (exact) mass is 831 g/mol. The fourth-order valence-electron chi connectivity index (χ4n) is 5.59. The van der Waals surface area contributed by atoms with Crippen LogP contribution in [0.2, 0.25) is 0 Å². The third-order valence-corrected chi connectivity index (χ3v) is 11.9. The molecule has 16 heteroatoms. The zero-order valence-electron chi connectivity index (χ0n) is 31.2. The van der Waals surface area contributed by atoms with Crippen LogP contribution in [-0.4, -0.2) is 34.9 Å². The SMILES string of the molecule is Cc1ccccc1C(=O)c1cnc(Nc2cccc(CN)c2)s1.Cc1ccccc1C(=O)c1cnc(Nc2cccc(CNS(=O)(=O)c3ccc([N+](=O)[O-])cc3)c2)s1. The van der Waals surface area contributed by atoms with Crippen molar-refractivity contribution in [1.29, 1.82) is 0 Å². The van der Waals surface area contributed by atoms with Gasteiger partial charge >= 0.3 is 0 Å². The zero-order chi connectivity index (χ0) is 41.2. The molecule has 7 aromatic rings. The van der Waals surface area contributed by atoms with Crippen molar-refractivity contribution >= 4 is 71.6 Å². The summed E-state index contributed by atoms with van der Waals surface area (Å²) in [6, 6.07) is 34.6. The lowest BCUT2D eigenvalue weighted by Gasteiger charge is -2.09. The maximum Gasteiger partial charge on any atom is 0.269 e. The molecule has 0 unspecified atom stereocenters. The predicted octanol–water partition coefficient (Wildman–Crippen LogP) is 8.70. The van der Waals surface area contributed by atoms with Crippen molar-refractivity contribution in [2.75, 3.05) is 10.6 Å². The molecule has 7 rings (SSSR count). The van der Waals surface area contributed by atoms with Gasteiger partial charge in [0.25, 0.3) is 5.69 Å². The topological polar surface area (TPSA) is 199 Å². The molecule has 0 fully saturated rings. The Balaban J connectivity index is 0.000000213. The molecule has 13 nitrogen and oxygen atoms in total. The standard InChI is InChI=1S/C24H20N4O5S2.C18H17N3OS/c1-16-5-2-3-8-21(16)23(29)22-15-25-24(34-22)27-18-7-4-6-17(13-18)14-26-35(32,33)20-11-9-19(10-12-20)28(30)31;1-12-5-2-3-8-15(12)17(22)16-11-20-18(23-16)21-14-7-4-6-13(9-14)10-19/h2-13,15,26H,14H2,1H3,(H,25,27);2-9,11H,10,19H2,1H3,(H,20,21). The van der Waals surface area contributed by atoms with Gasteiger partial charge in [-0.1, -0.05) is 95.5 Å². The van der Waals surface area contributed by atoms with Crippen LogP contribution >= 0.6 is 22.7 Å². The quantitative estimate of drug-likeness (QED) is 0.0464. The Kier molecular flexibility index (Phi) is 13.3. The molecule has 294 valence electrons. The van der Waals surface area contributed by atoms with Crippen molar-refractivity contribution in [2.24, 2.45) is 5.73 Å². The minimum Gasteiger partial charge on any atom is -0.332 e. The highest BCUT2D eigenvalue weighted by atomic mass is 32.2. The molecule has 58 heavy (non-hydrogen) atoms. The van der Waals surface area contributed by atoms with E-state index in [2.05, 4.69) is 25.3 Å². The van der Waals surface area contributed by atoms with Crippen LogP contribution in [0.25, 0.3) is 0 Å². The summed E-state index contributed by atoms with van der Waals surface area (Å²) in [5, 5.41) is 18.4. The fourth-order valence-corrected chi connectivity index (χ4v) is 8.18. The van der Waals surface area contributed by atoms with E-state index in [4.69, 9.17) is 5.73 Å². The van der Waals surface area contributed by atoms with E-state index in [0.717, 1.165) is 34.5 Å². The number of carbonyl (C=O) groups excluding carboxylic acids is 2. The molecule has 0 atom stereocenters. The number of sulfonamides is 1. The summed E-state index contributed by atoms with van der Waals surface area (Å²) >= 11 is 2.58. The Bertz CT molecular complexity index is 2700. The number of nitrogens with zero attached hydrogens (tertiary/aromatic N) is 3. The number of carbonyl (C=O) groups is 2. The van der Waals surface area contributed by atoms with E-state index in [9.17, 15) is 28.1 Å². The summed E-state index contributed by atoms with van der Waals surface area (Å²) < 4.78 is 27.6. The molecule has 2 aromatic heterocycles. The van der Waals surface area contributed by atoms with Crippen LogP contribution in [0.1, 0.15) is 52.7 Å². The van der Waals surface area contributed by atoms with Crippen molar-refractivity contribution in [3.8, 4) is 0 Å². The van der Waals surface area contributed by atoms with Crippen molar-refractivity contribution in [3.05, 3.63) is 187 Å². The van der Waals surface area contributed by atoms with Gasteiger partial charge in [0.15, 0.2) is 10.3 Å². The number of aromatic nitrogens is 2. The van der Waals surface area contributed by atoms with Crippen LogP contribution in [0.15, 0.2) is 139 Å². The number of nitrogens with two attached hydrogens (primary N) is 1. The second kappa shape index (κ2) is 18.7. The second-order valence-electron chi connectivity index (χ2n) is 12.8. The fraction of sp³-hybridized carbons (Fsp3) is 0.0952. The van der Waals surface area contributed by atoms with E-state index in [-0.39, 0.29) is 28.7 Å². The number of anilines is 4. The average Bonchev–Trinajstić information content (AvgIpc) is 3.90. The number of nitrogens with one attached hydrogen (secondary N) is 3. The van der Waals surface area contributed by atoms with Crippen molar-refractivity contribution in [2.45, 2.75) is 31.8 Å². The van der Waals surface area contributed by atoms with Gasteiger partial charge in [0.1, 0.15) is 0 Å². The highest BCUT2D eigenvalue weighted by Gasteiger charge is 2.18. The Morgan fingerprint density at radius 2 is 1.17 bits per heavy atom. The molecular formula is C42H37N7O6S3. The van der Waals surface area contributed by atoms with E-state index in [1.54, 1.807) is 36.5 Å². The van der Waals surface area contributed by atoms with Gasteiger partial charge in [-0.25, -0.2) is 23.1 Å². The third kappa shape index (κ3) is 10.5. The molecule has 0 aliphatic rings. The first-order chi connectivity index (χ1) is 27.9. The number of thiazole rings is 2. The van der Waals surface area contributed by atoms with Crippen molar-refractivity contribution < 1.29 is 22.9 Å².